The van der Waals surface area contributed by atoms with Crippen LogP contribution in [0.1, 0.15) is 37.7 Å². The fourth-order valence-corrected chi connectivity index (χ4v) is 3.59. The molecule has 1 saturated carbocycles. The monoisotopic (exact) mass is 325 g/mol. The molecule has 0 aliphatic heterocycles. The lowest BCUT2D eigenvalue weighted by Gasteiger charge is -2.20. The van der Waals surface area contributed by atoms with Crippen LogP contribution in [0.3, 0.4) is 0 Å². The molecule has 1 aromatic carbocycles. The van der Waals surface area contributed by atoms with Crippen LogP contribution in [0.2, 0.25) is 0 Å². The van der Waals surface area contributed by atoms with Gasteiger partial charge in [0.05, 0.1) is 10.8 Å². The highest BCUT2D eigenvalue weighted by molar-refractivity contribution is 7.89. The molecule has 6 heteroatoms. The summed E-state index contributed by atoms with van der Waals surface area (Å²) in [5.41, 5.74) is 0.687. The van der Waals surface area contributed by atoms with Gasteiger partial charge in [0.2, 0.25) is 10.0 Å². The summed E-state index contributed by atoms with van der Waals surface area (Å²) in [5.74, 6) is -0.164. The van der Waals surface area contributed by atoms with Crippen LogP contribution in [0, 0.1) is 5.92 Å². The molecule has 0 bridgehead atoms. The fourth-order valence-electron chi connectivity index (χ4n) is 2.62. The average molecular weight is 325 g/mol. The molecule has 1 aliphatic carbocycles. The van der Waals surface area contributed by atoms with Crippen molar-refractivity contribution < 1.29 is 17.9 Å². The average Bonchev–Trinajstić information content (AvgIpc) is 2.53. The standard InChI is InChI=1S/C16H23NO4S/c1-17(2)22(19,20)15-10-6-7-13(11-15)12-21-16(18)14-8-4-3-5-9-14/h6-7,10-11,14H,3-5,8-9,12H2,1-2H3. The summed E-state index contributed by atoms with van der Waals surface area (Å²) in [6.07, 6.45) is 5.14. The zero-order chi connectivity index (χ0) is 16.2. The number of sulfonamides is 1. The zero-order valence-corrected chi connectivity index (χ0v) is 13.9. The third-order valence-corrected chi connectivity index (χ3v) is 5.81. The number of carbonyl (C=O) groups excluding carboxylic acids is 1. The van der Waals surface area contributed by atoms with Crippen molar-refractivity contribution in [3.8, 4) is 0 Å². The normalized spacial score (nSPS) is 16.7. The van der Waals surface area contributed by atoms with Crippen LogP contribution in [0.4, 0.5) is 0 Å². The van der Waals surface area contributed by atoms with E-state index < -0.39 is 10.0 Å². The lowest BCUT2D eigenvalue weighted by Crippen LogP contribution is -2.22. The van der Waals surface area contributed by atoms with Gasteiger partial charge in [0.25, 0.3) is 0 Å². The molecule has 1 aromatic rings. The van der Waals surface area contributed by atoms with Crippen molar-refractivity contribution >= 4 is 16.0 Å². The molecular weight excluding hydrogens is 302 g/mol. The van der Waals surface area contributed by atoms with Gasteiger partial charge in [-0.15, -0.1) is 0 Å². The first-order chi connectivity index (χ1) is 10.4. The van der Waals surface area contributed by atoms with Crippen molar-refractivity contribution in [2.24, 2.45) is 5.92 Å². The molecule has 122 valence electrons. The van der Waals surface area contributed by atoms with Crippen molar-refractivity contribution in [2.75, 3.05) is 14.1 Å². The maximum absolute atomic E-state index is 12.1. The molecule has 5 nitrogen and oxygen atoms in total. The third-order valence-electron chi connectivity index (χ3n) is 4.00. The third kappa shape index (κ3) is 4.08. The molecule has 0 atom stereocenters. The first kappa shape index (κ1) is 17.0. The number of benzene rings is 1. The van der Waals surface area contributed by atoms with E-state index in [0.29, 0.717) is 5.56 Å². The van der Waals surface area contributed by atoms with Gasteiger partial charge in [-0.1, -0.05) is 31.4 Å². The van der Waals surface area contributed by atoms with E-state index in [1.54, 1.807) is 24.3 Å². The number of hydrogen-bond acceptors (Lipinski definition) is 4. The fraction of sp³-hybridized carbons (Fsp3) is 0.562. The topological polar surface area (TPSA) is 63.7 Å². The highest BCUT2D eigenvalue weighted by Gasteiger charge is 2.23. The minimum absolute atomic E-state index is 0.00226. The van der Waals surface area contributed by atoms with Crippen LogP contribution in [0.5, 0.6) is 0 Å². The summed E-state index contributed by atoms with van der Waals surface area (Å²) in [6, 6.07) is 6.54. The Morgan fingerprint density at radius 3 is 2.55 bits per heavy atom. The first-order valence-corrected chi connectivity index (χ1v) is 9.03. The number of rotatable bonds is 5. The minimum atomic E-state index is -3.47. The Balaban J connectivity index is 2.00. The second kappa shape index (κ2) is 7.24. The predicted octanol–water partition coefficient (Wildman–Crippen LogP) is 2.56. The summed E-state index contributed by atoms with van der Waals surface area (Å²) in [4.78, 5) is 12.2. The van der Waals surface area contributed by atoms with Gasteiger partial charge in [0.1, 0.15) is 6.61 Å². The first-order valence-electron chi connectivity index (χ1n) is 7.59. The molecule has 0 heterocycles. The highest BCUT2D eigenvalue weighted by Crippen LogP contribution is 2.25. The van der Waals surface area contributed by atoms with Gasteiger partial charge in [0.15, 0.2) is 0 Å². The van der Waals surface area contributed by atoms with E-state index in [1.165, 1.54) is 24.8 Å². The van der Waals surface area contributed by atoms with Gasteiger partial charge in [-0.2, -0.15) is 0 Å². The molecule has 0 amide bonds. The molecule has 0 unspecified atom stereocenters. The summed E-state index contributed by atoms with van der Waals surface area (Å²) < 4.78 is 30.7. The van der Waals surface area contributed by atoms with Gasteiger partial charge in [-0.05, 0) is 30.5 Å². The van der Waals surface area contributed by atoms with Crippen molar-refractivity contribution in [3.63, 3.8) is 0 Å². The van der Waals surface area contributed by atoms with E-state index in [0.717, 1.165) is 25.7 Å². The van der Waals surface area contributed by atoms with Crippen molar-refractivity contribution in [1.82, 2.24) is 4.31 Å². The van der Waals surface area contributed by atoms with Gasteiger partial charge in [-0.3, -0.25) is 4.79 Å². The Hall–Kier alpha value is -1.40. The Labute approximate surface area is 132 Å². The largest absolute Gasteiger partial charge is 0.461 e. The quantitative estimate of drug-likeness (QED) is 0.781. The number of ether oxygens (including phenoxy) is 1. The summed E-state index contributed by atoms with van der Waals surface area (Å²) >= 11 is 0. The Morgan fingerprint density at radius 2 is 1.91 bits per heavy atom. The Morgan fingerprint density at radius 1 is 1.23 bits per heavy atom. The number of carbonyl (C=O) groups is 1. The van der Waals surface area contributed by atoms with E-state index in [9.17, 15) is 13.2 Å². The highest BCUT2D eigenvalue weighted by atomic mass is 32.2. The smallest absolute Gasteiger partial charge is 0.309 e. The lowest BCUT2D eigenvalue weighted by atomic mass is 9.89. The van der Waals surface area contributed by atoms with Crippen molar-refractivity contribution in [3.05, 3.63) is 29.8 Å². The maximum atomic E-state index is 12.1. The molecular formula is C16H23NO4S. The molecule has 0 aromatic heterocycles. The Bertz CT molecular complexity index is 619. The molecule has 0 saturated heterocycles. The zero-order valence-electron chi connectivity index (χ0n) is 13.1. The second-order valence-electron chi connectivity index (χ2n) is 5.88. The van der Waals surface area contributed by atoms with E-state index in [4.69, 9.17) is 4.74 Å². The van der Waals surface area contributed by atoms with Crippen LogP contribution in [-0.2, 0) is 26.2 Å². The van der Waals surface area contributed by atoms with Gasteiger partial charge < -0.3 is 4.74 Å². The number of esters is 1. The second-order valence-corrected chi connectivity index (χ2v) is 8.03. The SMILES string of the molecule is CN(C)S(=O)(=O)c1cccc(COC(=O)C2CCCCC2)c1. The van der Waals surface area contributed by atoms with Crippen LogP contribution in [0.15, 0.2) is 29.2 Å². The summed E-state index contributed by atoms with van der Waals surface area (Å²) in [6.45, 7) is 0.117. The maximum Gasteiger partial charge on any atom is 0.309 e. The van der Waals surface area contributed by atoms with Crippen LogP contribution < -0.4 is 0 Å². The van der Waals surface area contributed by atoms with E-state index in [-0.39, 0.29) is 23.4 Å². The molecule has 1 aliphatic rings. The molecule has 0 radical (unpaired) electrons. The molecule has 2 rings (SSSR count). The number of hydrogen-bond donors (Lipinski definition) is 0. The van der Waals surface area contributed by atoms with Gasteiger partial charge in [0, 0.05) is 14.1 Å². The molecule has 0 spiro atoms. The molecule has 22 heavy (non-hydrogen) atoms. The van der Waals surface area contributed by atoms with E-state index >= 15 is 0 Å². The Kier molecular flexibility index (Phi) is 5.58. The van der Waals surface area contributed by atoms with Crippen LogP contribution >= 0.6 is 0 Å². The molecule has 0 N–H and O–H groups in total. The van der Waals surface area contributed by atoms with E-state index in [2.05, 4.69) is 0 Å². The number of nitrogens with zero attached hydrogens (tertiary/aromatic N) is 1. The van der Waals surface area contributed by atoms with Crippen LogP contribution in [-0.4, -0.2) is 32.8 Å². The van der Waals surface area contributed by atoms with Gasteiger partial charge >= 0.3 is 5.97 Å². The van der Waals surface area contributed by atoms with Crippen molar-refractivity contribution in [2.45, 2.75) is 43.6 Å². The van der Waals surface area contributed by atoms with Crippen molar-refractivity contribution in [1.29, 1.82) is 0 Å². The summed E-state index contributed by atoms with van der Waals surface area (Å²) in [7, 11) is -0.483. The molecule has 1 fully saturated rings. The minimum Gasteiger partial charge on any atom is -0.461 e. The lowest BCUT2D eigenvalue weighted by molar-refractivity contribution is -0.151. The predicted molar refractivity (Wildman–Crippen MR) is 83.7 cm³/mol. The van der Waals surface area contributed by atoms with Crippen LogP contribution in [0.25, 0.3) is 0 Å². The summed E-state index contributed by atoms with van der Waals surface area (Å²) in [5, 5.41) is 0. The van der Waals surface area contributed by atoms with Gasteiger partial charge in [-0.25, -0.2) is 12.7 Å². The van der Waals surface area contributed by atoms with E-state index in [1.807, 2.05) is 0 Å².